The van der Waals surface area contributed by atoms with E-state index in [4.69, 9.17) is 19.3 Å². The molecule has 1 saturated heterocycles. The molecule has 0 radical (unpaired) electrons. The highest BCUT2D eigenvalue weighted by Crippen LogP contribution is 2.24. The molecule has 1 aliphatic rings. The van der Waals surface area contributed by atoms with Gasteiger partial charge in [-0.05, 0) is 19.8 Å². The lowest BCUT2D eigenvalue weighted by molar-refractivity contribution is -0.278. The summed E-state index contributed by atoms with van der Waals surface area (Å²) in [4.78, 5) is 23.0. The highest BCUT2D eigenvalue weighted by Gasteiger charge is 2.45. The third-order valence-electron chi connectivity index (χ3n) is 4.65. The summed E-state index contributed by atoms with van der Waals surface area (Å²) in [5.74, 6) is -0.946. The van der Waals surface area contributed by atoms with Crippen LogP contribution in [0, 0.1) is 0 Å². The molecule has 0 unspecified atom stereocenters. The van der Waals surface area contributed by atoms with Crippen LogP contribution in [0.3, 0.4) is 0 Å². The number of nitrogens with one attached hydrogen (secondary N) is 1. The summed E-state index contributed by atoms with van der Waals surface area (Å²) in [7, 11) is 2.76. The first-order chi connectivity index (χ1) is 13.3. The van der Waals surface area contributed by atoms with Crippen molar-refractivity contribution in [1.29, 1.82) is 0 Å². The number of rotatable bonds is 12. The summed E-state index contributed by atoms with van der Waals surface area (Å²) in [6.07, 6.45) is -2.28. The van der Waals surface area contributed by atoms with Gasteiger partial charge in [0, 0.05) is 33.2 Å². The second kappa shape index (κ2) is 13.0. The zero-order valence-electron chi connectivity index (χ0n) is 16.7. The zero-order chi connectivity index (χ0) is 21.1. The standard InChI is InChI=1S/C18H33NO9/c1-11-14(19-17(24)12(21)8-9-20)15(23)16(26-3)18(28-11)27-10-6-4-5-7-13(22)25-2/h11-12,14-16,18,20-21,23H,4-10H2,1-3H3,(H,19,24)/t11-,12-,14-,15+,16+,18+/m1/s1. The number of carbonyl (C=O) groups excluding carboxylic acids is 2. The van der Waals surface area contributed by atoms with Crippen LogP contribution in [-0.2, 0) is 28.5 Å². The van der Waals surface area contributed by atoms with E-state index in [1.54, 1.807) is 6.92 Å². The molecule has 1 fully saturated rings. The van der Waals surface area contributed by atoms with E-state index in [0.29, 0.717) is 25.9 Å². The van der Waals surface area contributed by atoms with Crippen molar-refractivity contribution in [3.8, 4) is 0 Å². The van der Waals surface area contributed by atoms with Crippen LogP contribution in [0.4, 0.5) is 0 Å². The van der Waals surface area contributed by atoms with Gasteiger partial charge in [0.1, 0.15) is 18.3 Å². The first-order valence-electron chi connectivity index (χ1n) is 9.49. The average molecular weight is 407 g/mol. The largest absolute Gasteiger partial charge is 0.469 e. The molecule has 4 N–H and O–H groups in total. The van der Waals surface area contributed by atoms with Crippen molar-refractivity contribution in [2.75, 3.05) is 27.4 Å². The van der Waals surface area contributed by atoms with Crippen molar-refractivity contribution in [1.82, 2.24) is 5.32 Å². The van der Waals surface area contributed by atoms with Gasteiger partial charge in [-0.25, -0.2) is 0 Å². The van der Waals surface area contributed by atoms with Crippen LogP contribution in [0.15, 0.2) is 0 Å². The predicted molar refractivity (Wildman–Crippen MR) is 97.2 cm³/mol. The first-order valence-corrected chi connectivity index (χ1v) is 9.49. The molecule has 6 atom stereocenters. The minimum Gasteiger partial charge on any atom is -0.469 e. The molecule has 10 heteroatoms. The Morgan fingerprint density at radius 1 is 1.21 bits per heavy atom. The van der Waals surface area contributed by atoms with Crippen LogP contribution >= 0.6 is 0 Å². The number of hydrogen-bond acceptors (Lipinski definition) is 9. The Balaban J connectivity index is 2.49. The van der Waals surface area contributed by atoms with Gasteiger partial charge in [0.2, 0.25) is 5.91 Å². The molecule has 1 amide bonds. The number of carbonyl (C=O) groups is 2. The SMILES string of the molecule is COC(=O)CCCCCO[C@H]1O[C@H](C)[C@@H](NC(=O)[C@H](O)CCO)[C@H](O)[C@@H]1OC. The van der Waals surface area contributed by atoms with E-state index in [9.17, 15) is 19.8 Å². The molecule has 1 rings (SSSR count). The van der Waals surface area contributed by atoms with E-state index in [1.807, 2.05) is 0 Å². The maximum Gasteiger partial charge on any atom is 0.305 e. The number of amides is 1. The Morgan fingerprint density at radius 2 is 1.93 bits per heavy atom. The lowest BCUT2D eigenvalue weighted by Crippen LogP contribution is -2.64. The molecule has 1 heterocycles. The molecule has 0 saturated carbocycles. The topological polar surface area (TPSA) is 144 Å². The second-order valence-electron chi connectivity index (χ2n) is 6.72. The minimum absolute atomic E-state index is 0.0979. The van der Waals surface area contributed by atoms with E-state index in [1.165, 1.54) is 14.2 Å². The molecular formula is C18H33NO9. The van der Waals surface area contributed by atoms with Gasteiger partial charge >= 0.3 is 5.97 Å². The van der Waals surface area contributed by atoms with Gasteiger partial charge in [0.15, 0.2) is 6.29 Å². The molecule has 0 aromatic carbocycles. The third kappa shape index (κ3) is 7.61. The maximum atomic E-state index is 12.0. The van der Waals surface area contributed by atoms with Crippen LogP contribution in [0.5, 0.6) is 0 Å². The summed E-state index contributed by atoms with van der Waals surface area (Å²) < 4.78 is 21.3. The normalized spacial score (nSPS) is 28.6. The summed E-state index contributed by atoms with van der Waals surface area (Å²) >= 11 is 0. The van der Waals surface area contributed by atoms with Crippen LogP contribution in [0.25, 0.3) is 0 Å². The smallest absolute Gasteiger partial charge is 0.305 e. The molecule has 0 spiro atoms. The average Bonchev–Trinajstić information content (AvgIpc) is 2.67. The summed E-state index contributed by atoms with van der Waals surface area (Å²) in [6.45, 7) is 1.70. The Bertz CT molecular complexity index is 476. The van der Waals surface area contributed by atoms with E-state index in [-0.39, 0.29) is 19.0 Å². The summed E-state index contributed by atoms with van der Waals surface area (Å²) in [5, 5.41) is 31.6. The van der Waals surface area contributed by atoms with Crippen molar-refractivity contribution in [3.05, 3.63) is 0 Å². The Morgan fingerprint density at radius 3 is 2.54 bits per heavy atom. The number of ether oxygens (including phenoxy) is 4. The van der Waals surface area contributed by atoms with Crippen molar-refractivity contribution in [3.63, 3.8) is 0 Å². The second-order valence-corrected chi connectivity index (χ2v) is 6.72. The lowest BCUT2D eigenvalue weighted by Gasteiger charge is -2.43. The molecule has 0 aliphatic carbocycles. The Labute approximate surface area is 165 Å². The van der Waals surface area contributed by atoms with Crippen molar-refractivity contribution in [2.45, 2.75) is 75.8 Å². The molecule has 10 nitrogen and oxygen atoms in total. The fourth-order valence-electron chi connectivity index (χ4n) is 2.97. The highest BCUT2D eigenvalue weighted by molar-refractivity contribution is 5.80. The van der Waals surface area contributed by atoms with Crippen molar-refractivity contribution < 1.29 is 43.9 Å². The fraction of sp³-hybridized carbons (Fsp3) is 0.889. The Hall–Kier alpha value is -1.30. The van der Waals surface area contributed by atoms with Crippen LogP contribution in [-0.4, -0.2) is 91.4 Å². The van der Waals surface area contributed by atoms with E-state index in [0.717, 1.165) is 6.42 Å². The number of aliphatic hydroxyl groups excluding tert-OH is 3. The van der Waals surface area contributed by atoms with Crippen molar-refractivity contribution in [2.24, 2.45) is 0 Å². The Kier molecular flexibility index (Phi) is 11.5. The maximum absolute atomic E-state index is 12.0. The first kappa shape index (κ1) is 24.7. The number of esters is 1. The van der Waals surface area contributed by atoms with E-state index >= 15 is 0 Å². The van der Waals surface area contributed by atoms with Gasteiger partial charge in [-0.15, -0.1) is 0 Å². The number of unbranched alkanes of at least 4 members (excludes halogenated alkanes) is 2. The fourth-order valence-corrected chi connectivity index (χ4v) is 2.97. The van der Waals surface area contributed by atoms with Gasteiger partial charge < -0.3 is 39.6 Å². The lowest BCUT2D eigenvalue weighted by atomic mass is 9.96. The third-order valence-corrected chi connectivity index (χ3v) is 4.65. The highest BCUT2D eigenvalue weighted by atomic mass is 16.7. The van der Waals surface area contributed by atoms with Gasteiger partial charge in [0.25, 0.3) is 0 Å². The molecule has 0 aromatic heterocycles. The molecule has 0 aromatic rings. The quantitative estimate of drug-likeness (QED) is 0.239. The molecule has 0 bridgehead atoms. The number of methoxy groups -OCH3 is 2. The van der Waals surface area contributed by atoms with Crippen molar-refractivity contribution >= 4 is 11.9 Å². The summed E-state index contributed by atoms with van der Waals surface area (Å²) in [6, 6.07) is -0.800. The number of hydrogen-bond donors (Lipinski definition) is 4. The monoisotopic (exact) mass is 407 g/mol. The van der Waals surface area contributed by atoms with E-state index in [2.05, 4.69) is 10.1 Å². The predicted octanol–water partition coefficient (Wildman–Crippen LogP) is -0.915. The van der Waals surface area contributed by atoms with Gasteiger partial charge in [-0.1, -0.05) is 6.42 Å². The van der Waals surface area contributed by atoms with Crippen LogP contribution in [0.2, 0.25) is 0 Å². The van der Waals surface area contributed by atoms with Gasteiger partial charge in [-0.3, -0.25) is 9.59 Å². The van der Waals surface area contributed by atoms with Gasteiger partial charge in [0.05, 0.1) is 19.3 Å². The van der Waals surface area contributed by atoms with Crippen LogP contribution in [0.1, 0.15) is 39.0 Å². The zero-order valence-corrected chi connectivity index (χ0v) is 16.7. The molecule has 164 valence electrons. The summed E-state index contributed by atoms with van der Waals surface area (Å²) in [5.41, 5.74) is 0. The van der Waals surface area contributed by atoms with E-state index < -0.39 is 42.7 Å². The van der Waals surface area contributed by atoms with Crippen LogP contribution < -0.4 is 5.32 Å². The van der Waals surface area contributed by atoms with Gasteiger partial charge in [-0.2, -0.15) is 0 Å². The molecular weight excluding hydrogens is 374 g/mol. The number of aliphatic hydroxyl groups is 3. The molecule has 1 aliphatic heterocycles. The minimum atomic E-state index is -1.37. The molecule has 28 heavy (non-hydrogen) atoms.